The minimum absolute atomic E-state index is 0. The summed E-state index contributed by atoms with van der Waals surface area (Å²) in [6.07, 6.45) is 0. The average molecular weight is 194 g/mol. The van der Waals surface area contributed by atoms with Crippen LogP contribution in [0.5, 0.6) is 0 Å². The van der Waals surface area contributed by atoms with Crippen LogP contribution in [0.15, 0.2) is 0 Å². The van der Waals surface area contributed by atoms with Crippen molar-refractivity contribution in [2.24, 2.45) is 0 Å². The van der Waals surface area contributed by atoms with E-state index in [1.807, 2.05) is 0 Å². The molecule has 0 aromatic heterocycles. The maximum absolute atomic E-state index is 7.94. The minimum Gasteiger partial charge on any atom is 0 e. The Morgan fingerprint density at radius 2 is 1.40 bits per heavy atom. The Bertz CT molecular complexity index is 15.5. The minimum atomic E-state index is 0. The van der Waals surface area contributed by atoms with Crippen LogP contribution in [0.1, 0.15) is 1.43 Å². The quantitative estimate of drug-likeness (QED) is 0.375. The molecule has 0 aliphatic rings. The molecule has 0 aromatic rings. The van der Waals surface area contributed by atoms with Crippen LogP contribution >= 0.6 is 0 Å². The van der Waals surface area contributed by atoms with Crippen molar-refractivity contribution in [2.45, 2.75) is 0 Å². The maximum atomic E-state index is 7.94. The molecule has 0 atom stereocenters. The monoisotopic (exact) mass is 194 g/mol. The van der Waals surface area contributed by atoms with Crippen molar-refractivity contribution in [1.82, 2.24) is 0 Å². The number of hydrogen-bond acceptors (Lipinski definition) is 1. The van der Waals surface area contributed by atoms with Gasteiger partial charge in [-0.15, -0.1) is 0 Å². The van der Waals surface area contributed by atoms with Crippen molar-refractivity contribution in [2.75, 3.05) is 0 Å². The summed E-state index contributed by atoms with van der Waals surface area (Å²) in [6.45, 7) is 0. The van der Waals surface area contributed by atoms with Gasteiger partial charge < -0.3 is 1.43 Å². The van der Waals surface area contributed by atoms with Crippen molar-refractivity contribution in [1.29, 1.82) is 0 Å². The van der Waals surface area contributed by atoms with E-state index in [1.54, 1.807) is 0 Å². The molecule has 0 fully saturated rings. The molecule has 0 aliphatic carbocycles. The van der Waals surface area contributed by atoms with E-state index in [-0.39, 0.29) is 59.1 Å². The van der Waals surface area contributed by atoms with Crippen LogP contribution in [0.4, 0.5) is 0 Å². The van der Waals surface area contributed by atoms with Crippen molar-refractivity contribution in [3.63, 3.8) is 0 Å². The van der Waals surface area contributed by atoms with Gasteiger partial charge in [0.2, 0.25) is 0 Å². The molecular formula is HCoCuLiOTi. The third-order valence-corrected chi connectivity index (χ3v) is 0. The average Bonchev–Trinajstić information content (AvgIpc) is 1.00. The summed E-state index contributed by atoms with van der Waals surface area (Å²) in [5.74, 6) is 0. The van der Waals surface area contributed by atoms with E-state index >= 15 is 0 Å². The van der Waals surface area contributed by atoms with E-state index in [0.29, 0.717) is 0 Å². The van der Waals surface area contributed by atoms with Gasteiger partial charge >= 0.3 is 38.4 Å². The van der Waals surface area contributed by atoms with E-state index in [2.05, 4.69) is 15.7 Å². The fraction of sp³-hybridized carbons (Fsp3) is 0. The zero-order valence-electron chi connectivity index (χ0n) is 3.54. The van der Waals surface area contributed by atoms with E-state index in [1.165, 1.54) is 0 Å². The molecule has 1 radical (unpaired) electrons. The van der Waals surface area contributed by atoms with Gasteiger partial charge in [0.15, 0.2) is 0 Å². The summed E-state index contributed by atoms with van der Waals surface area (Å²) in [4.78, 5) is 0. The van der Waals surface area contributed by atoms with Crippen LogP contribution in [-0.2, 0) is 58.3 Å². The third-order valence-electron chi connectivity index (χ3n) is 0. The van der Waals surface area contributed by atoms with Crippen molar-refractivity contribution in [3.05, 3.63) is 0 Å². The second kappa shape index (κ2) is 35.5. The van der Waals surface area contributed by atoms with Crippen molar-refractivity contribution < 1.29 is 78.6 Å². The Balaban J connectivity index is -0.000000000833. The standard InChI is InChI=1S/Co.Cu.Li.O.Ti.H/q;;+1;;;-1. The molecule has 0 rings (SSSR count). The summed E-state index contributed by atoms with van der Waals surface area (Å²) in [7, 11) is 0. The van der Waals surface area contributed by atoms with E-state index in [0.717, 1.165) is 0 Å². The molecule has 0 saturated carbocycles. The van der Waals surface area contributed by atoms with Gasteiger partial charge in [0, 0.05) is 38.8 Å². The van der Waals surface area contributed by atoms with Crippen LogP contribution < -0.4 is 18.9 Å². The molecule has 0 amide bonds. The van der Waals surface area contributed by atoms with Gasteiger partial charge in [-0.25, -0.2) is 0 Å². The topological polar surface area (TPSA) is 17.1 Å². The maximum Gasteiger partial charge on any atom is 0 e. The summed E-state index contributed by atoms with van der Waals surface area (Å²) in [5.41, 5.74) is 0. The molecule has 5 heavy (non-hydrogen) atoms. The van der Waals surface area contributed by atoms with Gasteiger partial charge in [-0.05, 0) is 0 Å². The molecule has 0 aliphatic heterocycles. The van der Waals surface area contributed by atoms with E-state index in [4.69, 9.17) is 3.87 Å². The van der Waals surface area contributed by atoms with Gasteiger partial charge in [-0.2, -0.15) is 0 Å². The fourth-order valence-electron chi connectivity index (χ4n) is 0. The number of rotatable bonds is 0. The zero-order valence-corrected chi connectivity index (χ0v) is 6.09. The van der Waals surface area contributed by atoms with Crippen molar-refractivity contribution >= 4 is 0 Å². The van der Waals surface area contributed by atoms with Gasteiger partial charge in [-0.1, -0.05) is 0 Å². The first-order valence-electron chi connectivity index (χ1n) is 0.136. The first-order chi connectivity index (χ1) is 1.00. The molecular weight excluding hydrogens is 193 g/mol. The normalized spacial score (nSPS) is 1.00. The summed E-state index contributed by atoms with van der Waals surface area (Å²) in [5, 5.41) is 0. The Kier molecular flexibility index (Phi) is 194. The van der Waals surface area contributed by atoms with Crippen LogP contribution in [0.2, 0.25) is 0 Å². The van der Waals surface area contributed by atoms with Gasteiger partial charge in [0.05, 0.1) is 0 Å². The second-order valence-corrected chi connectivity index (χ2v) is 0. The molecule has 0 N–H and O–H groups in total. The van der Waals surface area contributed by atoms with Gasteiger partial charge in [-0.3, -0.25) is 0 Å². The Morgan fingerprint density at radius 3 is 1.40 bits per heavy atom. The Hall–Kier alpha value is 2.14. The van der Waals surface area contributed by atoms with E-state index < -0.39 is 0 Å². The van der Waals surface area contributed by atoms with Crippen LogP contribution in [0.25, 0.3) is 0 Å². The summed E-state index contributed by atoms with van der Waals surface area (Å²) in [6, 6.07) is 0. The van der Waals surface area contributed by atoms with Gasteiger partial charge in [0.25, 0.3) is 0 Å². The summed E-state index contributed by atoms with van der Waals surface area (Å²) < 4.78 is 7.94. The molecule has 0 unspecified atom stereocenters. The Morgan fingerprint density at radius 1 is 1.40 bits per heavy atom. The Labute approximate surface area is 77.8 Å². The predicted octanol–water partition coefficient (Wildman–Crippen LogP) is -3.01. The molecule has 5 heteroatoms. The SMILES string of the molecule is [Cu].[H-].[Li+].[O]=[Co].[Ti]. The predicted molar refractivity (Wildman–Crippen MR) is 1.80 cm³/mol. The molecule has 0 saturated heterocycles. The smallest absolute Gasteiger partial charge is 0 e. The third kappa shape index (κ3) is 23.0. The first-order valence-corrected chi connectivity index (χ1v) is 0.561. The van der Waals surface area contributed by atoms with Crippen LogP contribution in [0.3, 0.4) is 0 Å². The molecule has 0 bridgehead atoms. The first kappa shape index (κ1) is 27.3. The van der Waals surface area contributed by atoms with E-state index in [9.17, 15) is 0 Å². The second-order valence-electron chi connectivity index (χ2n) is 0. The van der Waals surface area contributed by atoms with Crippen LogP contribution in [0, 0.1) is 0 Å². The van der Waals surface area contributed by atoms with Gasteiger partial charge in [0.1, 0.15) is 0 Å². The largest absolute Gasteiger partial charge is 0 e. The van der Waals surface area contributed by atoms with Crippen molar-refractivity contribution in [3.8, 4) is 0 Å². The fourth-order valence-corrected chi connectivity index (χ4v) is 0. The molecule has 0 aromatic carbocycles. The van der Waals surface area contributed by atoms with Crippen LogP contribution in [-0.4, -0.2) is 0 Å². The zero-order chi connectivity index (χ0) is 2.00. The molecule has 0 spiro atoms. The number of hydrogen-bond donors (Lipinski definition) is 0. The molecule has 1 nitrogen and oxygen atoms in total. The molecule has 0 heterocycles. The molecule has 32 valence electrons. The summed E-state index contributed by atoms with van der Waals surface area (Å²) >= 11 is 2.31.